The topological polar surface area (TPSA) is 74.8 Å². The summed E-state index contributed by atoms with van der Waals surface area (Å²) in [7, 11) is 0. The molecule has 98 valence electrons. The van der Waals surface area contributed by atoms with Crippen molar-refractivity contribution in [1.29, 1.82) is 0 Å². The van der Waals surface area contributed by atoms with E-state index in [-0.39, 0.29) is 11.4 Å². The summed E-state index contributed by atoms with van der Waals surface area (Å²) in [5, 5.41) is 2.46. The Balaban J connectivity index is 2.27. The SMILES string of the molecule is Cc1cc(F)cc(C(=O)Nc2cc(C)[nH]c(=O)n2)c1. The quantitative estimate of drug-likeness (QED) is 0.865. The lowest BCUT2D eigenvalue weighted by Crippen LogP contribution is -2.19. The van der Waals surface area contributed by atoms with Crippen molar-refractivity contribution in [3.05, 3.63) is 57.4 Å². The molecule has 0 saturated heterocycles. The average Bonchev–Trinajstić information content (AvgIpc) is 2.25. The number of nitrogens with one attached hydrogen (secondary N) is 2. The number of halogens is 1. The van der Waals surface area contributed by atoms with Crippen molar-refractivity contribution in [3.63, 3.8) is 0 Å². The van der Waals surface area contributed by atoms with Crippen molar-refractivity contribution in [2.24, 2.45) is 0 Å². The molecule has 0 aliphatic carbocycles. The predicted octanol–water partition coefficient (Wildman–Crippen LogP) is 1.78. The van der Waals surface area contributed by atoms with Crippen LogP contribution in [0.2, 0.25) is 0 Å². The maximum Gasteiger partial charge on any atom is 0.347 e. The molecule has 0 bridgehead atoms. The van der Waals surface area contributed by atoms with Crippen LogP contribution in [-0.2, 0) is 0 Å². The van der Waals surface area contributed by atoms with Crippen LogP contribution in [0.25, 0.3) is 0 Å². The highest BCUT2D eigenvalue weighted by Crippen LogP contribution is 2.10. The fourth-order valence-electron chi connectivity index (χ4n) is 1.70. The summed E-state index contributed by atoms with van der Waals surface area (Å²) in [6, 6.07) is 5.53. The van der Waals surface area contributed by atoms with Gasteiger partial charge in [-0.05, 0) is 37.6 Å². The summed E-state index contributed by atoms with van der Waals surface area (Å²) in [6.07, 6.45) is 0. The number of hydrogen-bond donors (Lipinski definition) is 2. The maximum absolute atomic E-state index is 13.2. The number of benzene rings is 1. The van der Waals surface area contributed by atoms with Gasteiger partial charge in [-0.2, -0.15) is 4.98 Å². The molecule has 0 saturated carbocycles. The number of amides is 1. The minimum Gasteiger partial charge on any atom is -0.310 e. The van der Waals surface area contributed by atoms with Crippen LogP contribution >= 0.6 is 0 Å². The minimum absolute atomic E-state index is 0.133. The Labute approximate surface area is 108 Å². The van der Waals surface area contributed by atoms with E-state index in [1.54, 1.807) is 19.9 Å². The smallest absolute Gasteiger partial charge is 0.310 e. The molecule has 0 radical (unpaired) electrons. The van der Waals surface area contributed by atoms with E-state index in [2.05, 4.69) is 15.3 Å². The van der Waals surface area contributed by atoms with E-state index in [1.165, 1.54) is 12.1 Å². The number of aryl methyl sites for hydroxylation is 2. The number of rotatable bonds is 2. The molecule has 6 heteroatoms. The van der Waals surface area contributed by atoms with E-state index in [1.807, 2.05) is 0 Å². The zero-order valence-electron chi connectivity index (χ0n) is 10.5. The molecule has 0 atom stereocenters. The molecule has 5 nitrogen and oxygen atoms in total. The van der Waals surface area contributed by atoms with Crippen LogP contribution < -0.4 is 11.0 Å². The summed E-state index contributed by atoms with van der Waals surface area (Å²) in [5.41, 5.74) is 0.842. The third-order valence-corrected chi connectivity index (χ3v) is 2.43. The molecule has 1 amide bonds. The zero-order chi connectivity index (χ0) is 14.0. The van der Waals surface area contributed by atoms with E-state index in [0.29, 0.717) is 11.3 Å². The number of aromatic nitrogens is 2. The highest BCUT2D eigenvalue weighted by Gasteiger charge is 2.09. The second-order valence-corrected chi connectivity index (χ2v) is 4.23. The molecule has 1 aromatic carbocycles. The maximum atomic E-state index is 13.2. The fraction of sp³-hybridized carbons (Fsp3) is 0.154. The summed E-state index contributed by atoms with van der Waals surface area (Å²) in [6.45, 7) is 3.36. The van der Waals surface area contributed by atoms with Crippen LogP contribution in [0.3, 0.4) is 0 Å². The molecule has 0 fully saturated rings. The second-order valence-electron chi connectivity index (χ2n) is 4.23. The van der Waals surface area contributed by atoms with Gasteiger partial charge in [0.05, 0.1) is 0 Å². The van der Waals surface area contributed by atoms with Gasteiger partial charge in [0.25, 0.3) is 5.91 Å². The van der Waals surface area contributed by atoms with Crippen molar-refractivity contribution >= 4 is 11.7 Å². The van der Waals surface area contributed by atoms with E-state index < -0.39 is 17.4 Å². The van der Waals surface area contributed by atoms with Crippen LogP contribution in [0.1, 0.15) is 21.6 Å². The minimum atomic E-state index is -0.550. The van der Waals surface area contributed by atoms with Gasteiger partial charge in [0.1, 0.15) is 11.6 Å². The van der Waals surface area contributed by atoms with E-state index in [0.717, 1.165) is 6.07 Å². The number of H-pyrrole nitrogens is 1. The van der Waals surface area contributed by atoms with Crippen LogP contribution in [0, 0.1) is 19.7 Å². The first-order valence-electron chi connectivity index (χ1n) is 5.60. The number of aromatic amines is 1. The van der Waals surface area contributed by atoms with Crippen molar-refractivity contribution in [2.75, 3.05) is 5.32 Å². The van der Waals surface area contributed by atoms with Gasteiger partial charge in [-0.1, -0.05) is 0 Å². The third-order valence-electron chi connectivity index (χ3n) is 2.43. The molecule has 0 spiro atoms. The molecule has 1 heterocycles. The van der Waals surface area contributed by atoms with Crippen LogP contribution in [0.5, 0.6) is 0 Å². The summed E-state index contributed by atoms with van der Waals surface area (Å²) >= 11 is 0. The van der Waals surface area contributed by atoms with Crippen LogP contribution in [0.15, 0.2) is 29.1 Å². The molecule has 2 N–H and O–H groups in total. The molecule has 0 aliphatic rings. The summed E-state index contributed by atoms with van der Waals surface area (Å²) in [5.74, 6) is -0.867. The lowest BCUT2D eigenvalue weighted by molar-refractivity contribution is 0.102. The van der Waals surface area contributed by atoms with E-state index >= 15 is 0 Å². The van der Waals surface area contributed by atoms with Crippen molar-refractivity contribution < 1.29 is 9.18 Å². The monoisotopic (exact) mass is 261 g/mol. The van der Waals surface area contributed by atoms with Gasteiger partial charge in [-0.15, -0.1) is 0 Å². The lowest BCUT2D eigenvalue weighted by atomic mass is 10.1. The highest BCUT2D eigenvalue weighted by atomic mass is 19.1. The molecule has 1 aromatic heterocycles. The fourth-order valence-corrected chi connectivity index (χ4v) is 1.70. The van der Waals surface area contributed by atoms with Gasteiger partial charge in [-0.3, -0.25) is 4.79 Å². The van der Waals surface area contributed by atoms with Crippen molar-refractivity contribution in [1.82, 2.24) is 9.97 Å². The Kier molecular flexibility index (Phi) is 3.41. The highest BCUT2D eigenvalue weighted by molar-refractivity contribution is 6.03. The first-order valence-corrected chi connectivity index (χ1v) is 5.60. The van der Waals surface area contributed by atoms with E-state index in [9.17, 15) is 14.0 Å². The van der Waals surface area contributed by atoms with Gasteiger partial charge in [0, 0.05) is 17.3 Å². The second kappa shape index (κ2) is 5.01. The van der Waals surface area contributed by atoms with Crippen LogP contribution in [-0.4, -0.2) is 15.9 Å². The Bertz CT molecular complexity index is 674. The molecule has 2 rings (SSSR count). The average molecular weight is 261 g/mol. The Hall–Kier alpha value is -2.50. The number of nitrogens with zero attached hydrogens (tertiary/aromatic N) is 1. The standard InChI is InChI=1S/C13H12FN3O2/c1-7-3-9(6-10(14)4-7)12(18)16-11-5-8(2)15-13(19)17-11/h3-6H,1-2H3,(H2,15,16,17,18,19). The zero-order valence-corrected chi connectivity index (χ0v) is 10.5. The molecule has 0 aliphatic heterocycles. The Morgan fingerprint density at radius 3 is 2.63 bits per heavy atom. The Morgan fingerprint density at radius 2 is 2.00 bits per heavy atom. The first kappa shape index (κ1) is 12.9. The van der Waals surface area contributed by atoms with Gasteiger partial charge in [-0.25, -0.2) is 9.18 Å². The molecular weight excluding hydrogens is 249 g/mol. The molecule has 19 heavy (non-hydrogen) atoms. The predicted molar refractivity (Wildman–Crippen MR) is 68.7 cm³/mol. The van der Waals surface area contributed by atoms with Gasteiger partial charge in [0.15, 0.2) is 0 Å². The van der Waals surface area contributed by atoms with Gasteiger partial charge in [0.2, 0.25) is 0 Å². The number of hydrogen-bond acceptors (Lipinski definition) is 3. The van der Waals surface area contributed by atoms with Gasteiger partial charge >= 0.3 is 5.69 Å². The number of anilines is 1. The van der Waals surface area contributed by atoms with Crippen molar-refractivity contribution in [3.8, 4) is 0 Å². The third kappa shape index (κ3) is 3.25. The lowest BCUT2D eigenvalue weighted by Gasteiger charge is -2.05. The summed E-state index contributed by atoms with van der Waals surface area (Å²) in [4.78, 5) is 29.1. The normalized spacial score (nSPS) is 10.3. The summed E-state index contributed by atoms with van der Waals surface area (Å²) < 4.78 is 13.2. The van der Waals surface area contributed by atoms with Gasteiger partial charge < -0.3 is 10.3 Å². The Morgan fingerprint density at radius 1 is 1.26 bits per heavy atom. The first-order chi connectivity index (χ1) is 8.94. The molecule has 0 unspecified atom stereocenters. The number of carbonyl (C=O) groups excluding carboxylic acids is 1. The molecule has 2 aromatic rings. The number of carbonyl (C=O) groups is 1. The van der Waals surface area contributed by atoms with E-state index in [4.69, 9.17) is 0 Å². The van der Waals surface area contributed by atoms with Crippen LogP contribution in [0.4, 0.5) is 10.2 Å². The molecular formula is C13H12FN3O2. The van der Waals surface area contributed by atoms with Crippen molar-refractivity contribution in [2.45, 2.75) is 13.8 Å². The largest absolute Gasteiger partial charge is 0.347 e.